The van der Waals surface area contributed by atoms with Gasteiger partial charge in [0.25, 0.3) is 10.0 Å². The summed E-state index contributed by atoms with van der Waals surface area (Å²) in [7, 11) is -3.89. The Balaban J connectivity index is 1.75. The summed E-state index contributed by atoms with van der Waals surface area (Å²) in [5, 5.41) is 9.94. The number of ether oxygens (including phenoxy) is 2. The Bertz CT molecular complexity index is 1170. The maximum absolute atomic E-state index is 13.4. The van der Waals surface area contributed by atoms with Crippen LogP contribution in [0, 0.1) is 0 Å². The van der Waals surface area contributed by atoms with Crippen LogP contribution < -0.4 is 9.47 Å². The third-order valence-electron chi connectivity index (χ3n) is 5.26. The third-order valence-corrected chi connectivity index (χ3v) is 6.90. The Kier molecular flexibility index (Phi) is 4.33. The predicted octanol–water partition coefficient (Wildman–Crippen LogP) is 2.93. The van der Waals surface area contributed by atoms with Gasteiger partial charge in [-0.15, -0.1) is 0 Å². The fourth-order valence-corrected chi connectivity index (χ4v) is 5.16. The van der Waals surface area contributed by atoms with E-state index in [0.29, 0.717) is 41.5 Å². The van der Waals surface area contributed by atoms with Crippen LogP contribution in [0.4, 0.5) is 0 Å². The number of aromatic nitrogens is 2. The summed E-state index contributed by atoms with van der Waals surface area (Å²) in [6.07, 6.45) is 6.34. The van der Waals surface area contributed by atoms with E-state index in [1.165, 1.54) is 28.6 Å². The highest BCUT2D eigenvalue weighted by Crippen LogP contribution is 2.48. The van der Waals surface area contributed by atoms with Crippen molar-refractivity contribution in [1.29, 1.82) is 0 Å². The fourth-order valence-electron chi connectivity index (χ4n) is 3.78. The van der Waals surface area contributed by atoms with Gasteiger partial charge in [-0.25, -0.2) is 12.4 Å². The van der Waals surface area contributed by atoms with Gasteiger partial charge in [0.2, 0.25) is 0 Å². The monoisotopic (exact) mass is 412 g/mol. The summed E-state index contributed by atoms with van der Waals surface area (Å²) < 4.78 is 39.4. The molecule has 1 saturated carbocycles. The quantitative estimate of drug-likeness (QED) is 0.693. The first-order chi connectivity index (χ1) is 14.1. The molecule has 7 nitrogen and oxygen atoms in total. The van der Waals surface area contributed by atoms with Crippen LogP contribution in [0.1, 0.15) is 29.9 Å². The maximum atomic E-state index is 13.4. The first-order valence-electron chi connectivity index (χ1n) is 9.50. The Morgan fingerprint density at radius 3 is 2.62 bits per heavy atom. The van der Waals surface area contributed by atoms with Crippen molar-refractivity contribution in [3.8, 4) is 22.8 Å². The molecule has 0 saturated heterocycles. The van der Waals surface area contributed by atoms with Crippen LogP contribution in [0.2, 0.25) is 0 Å². The number of hydrogen-bond acceptors (Lipinski definition) is 6. The van der Waals surface area contributed by atoms with E-state index in [0.717, 1.165) is 18.4 Å². The lowest BCUT2D eigenvalue weighted by molar-refractivity contribution is 0.171. The number of rotatable bonds is 5. The van der Waals surface area contributed by atoms with Gasteiger partial charge in [0.15, 0.2) is 11.5 Å². The number of nitrogens with zero attached hydrogens (tertiary/aromatic N) is 2. The molecule has 1 N–H and O–H groups in total. The van der Waals surface area contributed by atoms with Crippen molar-refractivity contribution >= 4 is 10.0 Å². The van der Waals surface area contributed by atoms with Crippen LogP contribution in [0.5, 0.6) is 11.5 Å². The van der Waals surface area contributed by atoms with Crippen molar-refractivity contribution in [3.63, 3.8) is 0 Å². The molecule has 29 heavy (non-hydrogen) atoms. The van der Waals surface area contributed by atoms with Crippen LogP contribution in [-0.2, 0) is 16.6 Å². The molecule has 2 aromatic heterocycles. The molecule has 0 amide bonds. The molecule has 0 bridgehead atoms. The molecule has 1 fully saturated rings. The van der Waals surface area contributed by atoms with E-state index >= 15 is 0 Å². The highest BCUT2D eigenvalue weighted by atomic mass is 32.2. The third kappa shape index (κ3) is 3.08. The zero-order chi connectivity index (χ0) is 20.0. The van der Waals surface area contributed by atoms with E-state index in [-0.39, 0.29) is 17.4 Å². The molecule has 0 atom stereocenters. The Morgan fingerprint density at radius 1 is 1.14 bits per heavy atom. The Hall–Kier alpha value is -2.84. The molecular formula is C21H20N2O5S. The number of hydrogen-bond donors (Lipinski definition) is 1. The van der Waals surface area contributed by atoms with Gasteiger partial charge < -0.3 is 14.6 Å². The Labute approximate surface area is 168 Å². The van der Waals surface area contributed by atoms with Crippen molar-refractivity contribution in [1.82, 2.24) is 8.96 Å². The second-order valence-electron chi connectivity index (χ2n) is 7.20. The summed E-state index contributed by atoms with van der Waals surface area (Å²) >= 11 is 0. The minimum Gasteiger partial charge on any atom is -0.486 e. The molecular weight excluding hydrogens is 392 g/mol. The first-order valence-corrected chi connectivity index (χ1v) is 10.9. The van der Waals surface area contributed by atoms with E-state index in [2.05, 4.69) is 4.98 Å². The van der Waals surface area contributed by atoms with Gasteiger partial charge in [0.05, 0.1) is 12.3 Å². The fraction of sp³-hybridized carbons (Fsp3) is 0.286. The van der Waals surface area contributed by atoms with Gasteiger partial charge in [-0.2, -0.15) is 0 Å². The molecule has 8 heteroatoms. The number of aliphatic hydroxyl groups excluding tert-OH is 1. The van der Waals surface area contributed by atoms with Gasteiger partial charge in [0, 0.05) is 29.7 Å². The minimum atomic E-state index is -3.89. The number of fused-ring (bicyclic) bond motifs is 1. The molecule has 0 unspecified atom stereocenters. The normalized spacial score (nSPS) is 16.0. The molecule has 3 heterocycles. The van der Waals surface area contributed by atoms with Crippen molar-refractivity contribution in [2.75, 3.05) is 13.2 Å². The van der Waals surface area contributed by atoms with Gasteiger partial charge in [-0.1, -0.05) is 0 Å². The number of benzene rings is 1. The summed E-state index contributed by atoms with van der Waals surface area (Å²) in [6.45, 7) is 0.710. The van der Waals surface area contributed by atoms with Gasteiger partial charge in [-0.05, 0) is 54.7 Å². The highest BCUT2D eigenvalue weighted by Gasteiger charge is 2.35. The largest absolute Gasteiger partial charge is 0.486 e. The molecule has 5 rings (SSSR count). The van der Waals surface area contributed by atoms with Gasteiger partial charge in [-0.3, -0.25) is 4.98 Å². The second-order valence-corrected chi connectivity index (χ2v) is 9.01. The summed E-state index contributed by atoms with van der Waals surface area (Å²) in [4.78, 5) is 4.05. The predicted molar refractivity (Wildman–Crippen MR) is 106 cm³/mol. The number of aliphatic hydroxyl groups is 1. The van der Waals surface area contributed by atoms with E-state index in [4.69, 9.17) is 9.47 Å². The van der Waals surface area contributed by atoms with Crippen LogP contribution in [0.3, 0.4) is 0 Å². The second kappa shape index (κ2) is 6.89. The molecule has 1 aromatic carbocycles. The molecule has 0 radical (unpaired) electrons. The van der Waals surface area contributed by atoms with E-state index in [9.17, 15) is 13.5 Å². The summed E-state index contributed by atoms with van der Waals surface area (Å²) in [5.74, 6) is 1.47. The molecule has 2 aliphatic rings. The van der Waals surface area contributed by atoms with Crippen molar-refractivity contribution in [2.24, 2.45) is 0 Å². The SMILES string of the molecule is O=S(=O)(c1cccnc1)n1cc(CO)c(C2CC2)c1-c1ccc2c(c1)OCCO2. The van der Waals surface area contributed by atoms with Crippen LogP contribution >= 0.6 is 0 Å². The van der Waals surface area contributed by atoms with Crippen molar-refractivity contribution in [3.05, 3.63) is 60.0 Å². The zero-order valence-electron chi connectivity index (χ0n) is 15.6. The molecule has 1 aliphatic heterocycles. The van der Waals surface area contributed by atoms with E-state index in [1.54, 1.807) is 12.1 Å². The topological polar surface area (TPSA) is 90.7 Å². The lowest BCUT2D eigenvalue weighted by Gasteiger charge is -2.20. The average Bonchev–Trinajstić information content (AvgIpc) is 3.52. The molecule has 3 aromatic rings. The van der Waals surface area contributed by atoms with Gasteiger partial charge >= 0.3 is 0 Å². The Morgan fingerprint density at radius 2 is 1.93 bits per heavy atom. The van der Waals surface area contributed by atoms with E-state index < -0.39 is 10.0 Å². The highest BCUT2D eigenvalue weighted by molar-refractivity contribution is 7.90. The average molecular weight is 412 g/mol. The van der Waals surface area contributed by atoms with E-state index in [1.807, 2.05) is 12.1 Å². The minimum absolute atomic E-state index is 0.0978. The van der Waals surface area contributed by atoms with Crippen LogP contribution in [-0.4, -0.2) is 35.7 Å². The van der Waals surface area contributed by atoms with Gasteiger partial charge in [0.1, 0.15) is 18.1 Å². The first kappa shape index (κ1) is 18.2. The molecule has 0 spiro atoms. The number of pyridine rings is 1. The van der Waals surface area contributed by atoms with Crippen LogP contribution in [0.15, 0.2) is 53.8 Å². The van der Waals surface area contributed by atoms with Crippen molar-refractivity contribution < 1.29 is 23.0 Å². The smallest absolute Gasteiger partial charge is 0.269 e. The van der Waals surface area contributed by atoms with Crippen molar-refractivity contribution in [2.45, 2.75) is 30.3 Å². The lowest BCUT2D eigenvalue weighted by atomic mass is 10.0. The lowest BCUT2D eigenvalue weighted by Crippen LogP contribution is -2.16. The molecule has 150 valence electrons. The molecule has 1 aliphatic carbocycles. The standard InChI is InChI=1S/C21H20N2O5S/c24-13-16-12-23(29(25,26)17-2-1-7-22-11-17)21(20(16)14-3-4-14)15-5-6-18-19(10-15)28-9-8-27-18/h1-2,5-7,10-12,14,24H,3-4,8-9,13H2. The zero-order valence-corrected chi connectivity index (χ0v) is 16.4. The summed E-state index contributed by atoms with van der Waals surface area (Å²) in [6, 6.07) is 8.56. The summed E-state index contributed by atoms with van der Waals surface area (Å²) in [5.41, 5.74) is 2.79. The maximum Gasteiger partial charge on any atom is 0.269 e. The van der Waals surface area contributed by atoms with Crippen LogP contribution in [0.25, 0.3) is 11.3 Å².